The normalized spacial score (nSPS) is 10.8. The molecule has 0 aliphatic rings. The van der Waals surface area contributed by atoms with E-state index in [1.54, 1.807) is 11.3 Å². The summed E-state index contributed by atoms with van der Waals surface area (Å²) in [5, 5.41) is 3.09. The third-order valence-corrected chi connectivity index (χ3v) is 4.46. The number of fused-ring (bicyclic) bond motifs is 1. The fourth-order valence-corrected chi connectivity index (χ4v) is 3.39. The van der Waals surface area contributed by atoms with Crippen LogP contribution in [0.1, 0.15) is 28.8 Å². The van der Waals surface area contributed by atoms with E-state index in [1.807, 2.05) is 41.8 Å². The first kappa shape index (κ1) is 13.1. The Morgan fingerprint density at radius 1 is 0.950 bits per heavy atom. The molecule has 0 aliphatic carbocycles. The van der Waals surface area contributed by atoms with Crippen molar-refractivity contribution in [3.8, 4) is 0 Å². The molecule has 0 atom stereocenters. The molecule has 0 saturated carbocycles. The summed E-state index contributed by atoms with van der Waals surface area (Å²) in [5.41, 5.74) is 2.19. The number of rotatable bonds is 5. The third-order valence-electron chi connectivity index (χ3n) is 3.49. The highest BCUT2D eigenvalue weighted by molar-refractivity contribution is 7.17. The highest BCUT2D eigenvalue weighted by atomic mass is 32.1. The van der Waals surface area contributed by atoms with E-state index >= 15 is 0 Å². The van der Waals surface area contributed by atoms with Crippen LogP contribution in [0.4, 0.5) is 0 Å². The Kier molecular flexibility index (Phi) is 3.93. The van der Waals surface area contributed by atoms with Crippen molar-refractivity contribution in [2.45, 2.75) is 19.3 Å². The van der Waals surface area contributed by atoms with Crippen molar-refractivity contribution in [1.29, 1.82) is 0 Å². The Hall–Kier alpha value is -1.93. The number of hydrogen-bond acceptors (Lipinski definition) is 2. The van der Waals surface area contributed by atoms with Gasteiger partial charge in [0, 0.05) is 27.5 Å². The van der Waals surface area contributed by atoms with Gasteiger partial charge in [-0.1, -0.05) is 48.5 Å². The van der Waals surface area contributed by atoms with Gasteiger partial charge in [0.2, 0.25) is 0 Å². The van der Waals surface area contributed by atoms with Crippen LogP contribution in [0.15, 0.2) is 60.0 Å². The van der Waals surface area contributed by atoms with Gasteiger partial charge in [0.25, 0.3) is 0 Å². The molecular weight excluding hydrogens is 264 g/mol. The van der Waals surface area contributed by atoms with Gasteiger partial charge in [-0.3, -0.25) is 4.79 Å². The maximum Gasteiger partial charge on any atom is 0.164 e. The van der Waals surface area contributed by atoms with E-state index in [4.69, 9.17) is 0 Å². The zero-order valence-corrected chi connectivity index (χ0v) is 12.0. The molecule has 100 valence electrons. The number of carbonyl (C=O) groups is 1. The quantitative estimate of drug-likeness (QED) is 0.594. The Morgan fingerprint density at radius 2 is 1.70 bits per heavy atom. The van der Waals surface area contributed by atoms with Crippen LogP contribution in [0.25, 0.3) is 10.1 Å². The van der Waals surface area contributed by atoms with Crippen molar-refractivity contribution in [2.24, 2.45) is 0 Å². The van der Waals surface area contributed by atoms with E-state index in [9.17, 15) is 4.79 Å². The lowest BCUT2D eigenvalue weighted by molar-refractivity contribution is 0.0982. The van der Waals surface area contributed by atoms with Gasteiger partial charge >= 0.3 is 0 Å². The van der Waals surface area contributed by atoms with Gasteiger partial charge < -0.3 is 0 Å². The number of aryl methyl sites for hydroxylation is 1. The second-order valence-electron chi connectivity index (χ2n) is 4.91. The predicted molar refractivity (Wildman–Crippen MR) is 85.5 cm³/mol. The number of Topliss-reactive ketones (excluding diaryl/α,β-unsaturated/α-hetero) is 1. The summed E-state index contributed by atoms with van der Waals surface area (Å²) >= 11 is 1.65. The first-order valence-corrected chi connectivity index (χ1v) is 7.76. The van der Waals surface area contributed by atoms with Crippen LogP contribution in [0.2, 0.25) is 0 Å². The Labute approximate surface area is 122 Å². The zero-order chi connectivity index (χ0) is 13.8. The lowest BCUT2D eigenvalue weighted by Gasteiger charge is -2.01. The zero-order valence-electron chi connectivity index (χ0n) is 11.2. The van der Waals surface area contributed by atoms with Crippen LogP contribution in [0.5, 0.6) is 0 Å². The monoisotopic (exact) mass is 280 g/mol. The highest BCUT2D eigenvalue weighted by Gasteiger charge is 2.11. The van der Waals surface area contributed by atoms with Gasteiger partial charge in [-0.25, -0.2) is 0 Å². The molecule has 3 rings (SSSR count). The molecule has 2 heteroatoms. The largest absolute Gasteiger partial charge is 0.294 e. The minimum atomic E-state index is 0.262. The fraction of sp³-hybridized carbons (Fsp3) is 0.167. The minimum Gasteiger partial charge on any atom is -0.294 e. The molecule has 2 aromatic carbocycles. The average molecular weight is 280 g/mol. The van der Waals surface area contributed by atoms with Crippen LogP contribution < -0.4 is 0 Å². The lowest BCUT2D eigenvalue weighted by Crippen LogP contribution is -1.98. The smallest absolute Gasteiger partial charge is 0.164 e. The molecule has 0 bridgehead atoms. The van der Waals surface area contributed by atoms with Crippen LogP contribution in [-0.2, 0) is 6.42 Å². The number of thiophene rings is 1. The molecule has 0 fully saturated rings. The molecule has 0 unspecified atom stereocenters. The van der Waals surface area contributed by atoms with Crippen molar-refractivity contribution in [3.05, 3.63) is 71.1 Å². The van der Waals surface area contributed by atoms with Crippen LogP contribution in [-0.4, -0.2) is 5.78 Å². The van der Waals surface area contributed by atoms with Gasteiger partial charge in [0.15, 0.2) is 5.78 Å². The predicted octanol–water partition coefficient (Wildman–Crippen LogP) is 5.11. The van der Waals surface area contributed by atoms with Crippen molar-refractivity contribution < 1.29 is 4.79 Å². The Bertz CT molecular complexity index is 712. The lowest BCUT2D eigenvalue weighted by atomic mass is 10.0. The fourth-order valence-electron chi connectivity index (χ4n) is 2.43. The van der Waals surface area contributed by atoms with Gasteiger partial charge in [-0.2, -0.15) is 0 Å². The van der Waals surface area contributed by atoms with Crippen LogP contribution >= 0.6 is 11.3 Å². The molecule has 0 N–H and O–H groups in total. The summed E-state index contributed by atoms with van der Waals surface area (Å²) in [6.45, 7) is 0. The summed E-state index contributed by atoms with van der Waals surface area (Å²) in [4.78, 5) is 12.3. The number of carbonyl (C=O) groups excluding carboxylic acids is 1. The van der Waals surface area contributed by atoms with Crippen molar-refractivity contribution >= 4 is 27.2 Å². The molecule has 3 aromatic rings. The second kappa shape index (κ2) is 6.02. The van der Waals surface area contributed by atoms with Gasteiger partial charge in [-0.05, 0) is 24.5 Å². The summed E-state index contributed by atoms with van der Waals surface area (Å²) in [7, 11) is 0. The highest BCUT2D eigenvalue weighted by Crippen LogP contribution is 2.26. The van der Waals surface area contributed by atoms with E-state index in [1.165, 1.54) is 10.3 Å². The molecule has 20 heavy (non-hydrogen) atoms. The third kappa shape index (κ3) is 2.81. The molecule has 0 aliphatic heterocycles. The van der Waals surface area contributed by atoms with E-state index in [0.29, 0.717) is 6.42 Å². The summed E-state index contributed by atoms with van der Waals surface area (Å²) in [5.74, 6) is 0.262. The van der Waals surface area contributed by atoms with Gasteiger partial charge in [0.05, 0.1) is 0 Å². The SMILES string of the molecule is O=C(CCCc1ccccc1)c1csc2ccccc12. The molecule has 1 heterocycles. The minimum absolute atomic E-state index is 0.262. The Morgan fingerprint density at radius 3 is 2.55 bits per heavy atom. The second-order valence-corrected chi connectivity index (χ2v) is 5.82. The average Bonchev–Trinajstić information content (AvgIpc) is 2.92. The molecule has 1 nitrogen and oxygen atoms in total. The maximum absolute atomic E-state index is 12.3. The van der Waals surface area contributed by atoms with Crippen LogP contribution in [0, 0.1) is 0 Å². The number of benzene rings is 2. The van der Waals surface area contributed by atoms with Gasteiger partial charge in [-0.15, -0.1) is 11.3 Å². The summed E-state index contributed by atoms with van der Waals surface area (Å²) < 4.78 is 1.19. The van der Waals surface area contributed by atoms with Crippen molar-refractivity contribution in [1.82, 2.24) is 0 Å². The standard InChI is InChI=1S/C18H16OS/c19-17(11-6-9-14-7-2-1-3-8-14)16-13-20-18-12-5-4-10-15(16)18/h1-5,7-8,10,12-13H,6,9,11H2. The van der Waals surface area contributed by atoms with E-state index in [-0.39, 0.29) is 5.78 Å². The first-order valence-electron chi connectivity index (χ1n) is 6.88. The van der Waals surface area contributed by atoms with Gasteiger partial charge in [0.1, 0.15) is 0 Å². The molecule has 0 spiro atoms. The number of hydrogen-bond donors (Lipinski definition) is 0. The van der Waals surface area contributed by atoms with E-state index in [0.717, 1.165) is 23.8 Å². The van der Waals surface area contributed by atoms with Crippen molar-refractivity contribution in [3.63, 3.8) is 0 Å². The summed E-state index contributed by atoms with van der Waals surface area (Å²) in [6, 6.07) is 18.5. The Balaban J connectivity index is 1.65. The number of ketones is 1. The summed E-state index contributed by atoms with van der Waals surface area (Å²) in [6.07, 6.45) is 2.50. The van der Waals surface area contributed by atoms with Crippen molar-refractivity contribution in [2.75, 3.05) is 0 Å². The molecule has 0 radical (unpaired) electrons. The van der Waals surface area contributed by atoms with E-state index in [2.05, 4.69) is 18.2 Å². The van der Waals surface area contributed by atoms with E-state index < -0.39 is 0 Å². The molecule has 0 saturated heterocycles. The maximum atomic E-state index is 12.3. The topological polar surface area (TPSA) is 17.1 Å². The molecular formula is C18H16OS. The first-order chi connectivity index (χ1) is 9.84. The molecule has 1 aromatic heterocycles. The molecule has 0 amide bonds. The van der Waals surface area contributed by atoms with Crippen LogP contribution in [0.3, 0.4) is 0 Å².